The van der Waals surface area contributed by atoms with Crippen LogP contribution in [0.15, 0.2) is 30.3 Å². The highest BCUT2D eigenvalue weighted by molar-refractivity contribution is 6.74. The molecule has 1 N–H and O–H groups in total. The lowest BCUT2D eigenvalue weighted by molar-refractivity contribution is -0.253. The molecular weight excluding hydrogens is 356 g/mol. The first-order valence-electron chi connectivity index (χ1n) is 10.0. The van der Waals surface area contributed by atoms with Crippen molar-refractivity contribution in [3.63, 3.8) is 0 Å². The van der Waals surface area contributed by atoms with E-state index in [1.54, 1.807) is 0 Å². The highest BCUT2D eigenvalue weighted by Crippen LogP contribution is 2.40. The van der Waals surface area contributed by atoms with Crippen LogP contribution in [-0.2, 0) is 20.5 Å². The van der Waals surface area contributed by atoms with Crippen LogP contribution >= 0.6 is 0 Å². The summed E-state index contributed by atoms with van der Waals surface area (Å²) in [6.07, 6.45) is -0.616. The molecule has 0 radical (unpaired) electrons. The van der Waals surface area contributed by atoms with E-state index in [1.165, 1.54) is 0 Å². The minimum Gasteiger partial charge on any atom is -0.414 e. The molecule has 5 atom stereocenters. The monoisotopic (exact) mass is 394 g/mol. The van der Waals surface area contributed by atoms with Crippen molar-refractivity contribution in [3.8, 4) is 0 Å². The van der Waals surface area contributed by atoms with Gasteiger partial charge in [-0.3, -0.25) is 0 Å². The SMILES string of the molecule is C[C@@H]1OC(CO[Si](C)(C)C(C)(C)C)[C@@](C)(O)[C@H](C)C1OCc1ccccc1. The molecule has 1 aromatic rings. The Morgan fingerprint density at radius 3 is 2.30 bits per heavy atom. The summed E-state index contributed by atoms with van der Waals surface area (Å²) in [5.41, 5.74) is 0.121. The van der Waals surface area contributed by atoms with Crippen molar-refractivity contribution < 1.29 is 19.0 Å². The van der Waals surface area contributed by atoms with Gasteiger partial charge in [-0.05, 0) is 37.5 Å². The third-order valence-corrected chi connectivity index (χ3v) is 11.1. The summed E-state index contributed by atoms with van der Waals surface area (Å²) in [5, 5.41) is 11.3. The molecule has 0 spiro atoms. The van der Waals surface area contributed by atoms with Crippen molar-refractivity contribution in [1.82, 2.24) is 0 Å². The molecule has 2 unspecified atom stereocenters. The maximum absolute atomic E-state index is 11.2. The average molecular weight is 395 g/mol. The zero-order valence-electron chi connectivity index (χ0n) is 18.3. The van der Waals surface area contributed by atoms with Gasteiger partial charge in [-0.2, -0.15) is 0 Å². The quantitative estimate of drug-likeness (QED) is 0.706. The fourth-order valence-corrected chi connectivity index (χ4v) is 4.26. The van der Waals surface area contributed by atoms with Gasteiger partial charge in [0.05, 0.1) is 31.0 Å². The fourth-order valence-electron chi connectivity index (χ4n) is 3.26. The third-order valence-electron chi connectivity index (χ3n) is 6.60. The molecule has 1 aromatic carbocycles. The molecule has 1 fully saturated rings. The molecule has 2 rings (SSSR count). The van der Waals surface area contributed by atoms with Crippen LogP contribution in [0, 0.1) is 5.92 Å². The van der Waals surface area contributed by atoms with Gasteiger partial charge in [-0.1, -0.05) is 58.0 Å². The van der Waals surface area contributed by atoms with Crippen LogP contribution in [0.2, 0.25) is 18.1 Å². The molecule has 4 nitrogen and oxygen atoms in total. The topological polar surface area (TPSA) is 47.9 Å². The van der Waals surface area contributed by atoms with Crippen LogP contribution < -0.4 is 0 Å². The molecule has 5 heteroatoms. The van der Waals surface area contributed by atoms with E-state index >= 15 is 0 Å². The summed E-state index contributed by atoms with van der Waals surface area (Å²) in [6.45, 7) is 18.0. The van der Waals surface area contributed by atoms with E-state index in [-0.39, 0.29) is 29.3 Å². The molecule has 1 aliphatic heterocycles. The third kappa shape index (κ3) is 5.21. The Labute approximate surface area is 166 Å². The maximum Gasteiger partial charge on any atom is 0.192 e. The maximum atomic E-state index is 11.2. The predicted octanol–water partition coefficient (Wildman–Crippen LogP) is 4.77. The van der Waals surface area contributed by atoms with Crippen molar-refractivity contribution in [2.45, 2.75) is 90.2 Å². The van der Waals surface area contributed by atoms with Gasteiger partial charge in [0, 0.05) is 5.92 Å². The standard InChI is InChI=1S/C22H38O4Si/c1-16-20(24-14-18-12-10-9-11-13-18)17(2)26-19(22(16,6)23)15-25-27(7,8)21(3,4)5/h9-13,16-17,19-20,23H,14-15H2,1-8H3/t16-,17+,19?,20?,22+/m1/s1. The minimum atomic E-state index is -1.89. The van der Waals surface area contributed by atoms with Crippen LogP contribution in [0.25, 0.3) is 0 Å². The molecule has 0 amide bonds. The number of benzene rings is 1. The van der Waals surface area contributed by atoms with E-state index in [2.05, 4.69) is 33.9 Å². The van der Waals surface area contributed by atoms with Gasteiger partial charge in [0.2, 0.25) is 0 Å². The highest BCUT2D eigenvalue weighted by Gasteiger charge is 2.50. The van der Waals surface area contributed by atoms with Crippen LogP contribution in [0.1, 0.15) is 47.1 Å². The lowest BCUT2D eigenvalue weighted by Gasteiger charge is -2.49. The second-order valence-electron chi connectivity index (χ2n) is 9.68. The van der Waals surface area contributed by atoms with E-state index in [0.29, 0.717) is 13.2 Å². The Morgan fingerprint density at radius 2 is 1.74 bits per heavy atom. The Hall–Kier alpha value is -0.723. The molecule has 0 aliphatic carbocycles. The van der Waals surface area contributed by atoms with Crippen LogP contribution in [0.5, 0.6) is 0 Å². The summed E-state index contributed by atoms with van der Waals surface area (Å²) in [6, 6.07) is 10.1. The predicted molar refractivity (Wildman–Crippen MR) is 112 cm³/mol. The Balaban J connectivity index is 2.02. The van der Waals surface area contributed by atoms with Crippen LogP contribution in [0.3, 0.4) is 0 Å². The van der Waals surface area contributed by atoms with Crippen molar-refractivity contribution in [2.75, 3.05) is 6.61 Å². The molecule has 0 saturated carbocycles. The van der Waals surface area contributed by atoms with Crippen LogP contribution in [-0.4, -0.2) is 43.9 Å². The first-order chi connectivity index (χ1) is 12.4. The fraction of sp³-hybridized carbons (Fsp3) is 0.727. The summed E-state index contributed by atoms with van der Waals surface area (Å²) >= 11 is 0. The minimum absolute atomic E-state index is 0.0574. The van der Waals surface area contributed by atoms with E-state index in [9.17, 15) is 5.11 Å². The summed E-state index contributed by atoms with van der Waals surface area (Å²) in [5.74, 6) is -0.0574. The van der Waals surface area contributed by atoms with Crippen molar-refractivity contribution in [3.05, 3.63) is 35.9 Å². The van der Waals surface area contributed by atoms with Gasteiger partial charge >= 0.3 is 0 Å². The van der Waals surface area contributed by atoms with Gasteiger partial charge < -0.3 is 19.0 Å². The van der Waals surface area contributed by atoms with E-state index in [1.807, 2.05) is 51.1 Å². The lowest BCUT2D eigenvalue weighted by atomic mass is 9.77. The van der Waals surface area contributed by atoms with Crippen LogP contribution in [0.4, 0.5) is 0 Å². The number of ether oxygens (including phenoxy) is 2. The Morgan fingerprint density at radius 1 is 1.15 bits per heavy atom. The molecule has 27 heavy (non-hydrogen) atoms. The van der Waals surface area contributed by atoms with Gasteiger partial charge in [0.25, 0.3) is 0 Å². The van der Waals surface area contributed by atoms with Gasteiger partial charge in [-0.25, -0.2) is 0 Å². The number of hydrogen-bond acceptors (Lipinski definition) is 4. The zero-order chi connectivity index (χ0) is 20.5. The second-order valence-corrected chi connectivity index (χ2v) is 14.5. The first kappa shape index (κ1) is 22.6. The number of rotatable bonds is 6. The first-order valence-corrected chi connectivity index (χ1v) is 12.9. The smallest absolute Gasteiger partial charge is 0.192 e. The largest absolute Gasteiger partial charge is 0.414 e. The lowest BCUT2D eigenvalue weighted by Crippen LogP contribution is -2.62. The highest BCUT2D eigenvalue weighted by atomic mass is 28.4. The molecule has 0 bridgehead atoms. The summed E-state index contributed by atoms with van der Waals surface area (Å²) in [4.78, 5) is 0. The van der Waals surface area contributed by atoms with Crippen molar-refractivity contribution in [2.24, 2.45) is 5.92 Å². The molecule has 1 aliphatic rings. The summed E-state index contributed by atoms with van der Waals surface area (Å²) < 4.78 is 18.7. The average Bonchev–Trinajstić information content (AvgIpc) is 2.57. The molecule has 1 saturated heterocycles. The van der Waals surface area contributed by atoms with Gasteiger partial charge in [0.1, 0.15) is 6.10 Å². The van der Waals surface area contributed by atoms with Gasteiger partial charge in [-0.15, -0.1) is 0 Å². The second kappa shape index (κ2) is 8.33. The van der Waals surface area contributed by atoms with Gasteiger partial charge in [0.15, 0.2) is 8.32 Å². The molecule has 154 valence electrons. The molecular formula is C22H38O4Si. The van der Waals surface area contributed by atoms with Crippen molar-refractivity contribution in [1.29, 1.82) is 0 Å². The van der Waals surface area contributed by atoms with E-state index in [0.717, 1.165) is 5.56 Å². The number of hydrogen-bond donors (Lipinski definition) is 1. The van der Waals surface area contributed by atoms with Crippen molar-refractivity contribution >= 4 is 8.32 Å². The summed E-state index contributed by atoms with van der Waals surface area (Å²) in [7, 11) is -1.89. The normalized spacial score (nSPS) is 32.5. The number of aliphatic hydroxyl groups is 1. The zero-order valence-corrected chi connectivity index (χ0v) is 19.3. The molecule has 1 heterocycles. The van der Waals surface area contributed by atoms with E-state index < -0.39 is 13.9 Å². The van der Waals surface area contributed by atoms with E-state index in [4.69, 9.17) is 13.9 Å². The Bertz CT molecular complexity index is 594. The molecule has 0 aromatic heterocycles. The Kier molecular flexibility index (Phi) is 6.97.